The van der Waals surface area contributed by atoms with E-state index in [1.165, 1.54) is 12.1 Å². The molecule has 0 aromatic heterocycles. The zero-order valence-electron chi connectivity index (χ0n) is 24.8. The zero-order valence-corrected chi connectivity index (χ0v) is 25.6. The molecule has 0 atom stereocenters. The van der Waals surface area contributed by atoms with Crippen molar-refractivity contribution < 1.29 is 38.1 Å². The number of esters is 3. The van der Waals surface area contributed by atoms with Crippen molar-refractivity contribution in [2.45, 2.75) is 32.6 Å². The summed E-state index contributed by atoms with van der Waals surface area (Å²) in [6, 6.07) is 19.5. The van der Waals surface area contributed by atoms with E-state index < -0.39 is 11.9 Å². The Hall–Kier alpha value is -4.40. The number of carbonyl (C=O) groups is 3. The minimum atomic E-state index is -0.556. The van der Waals surface area contributed by atoms with Gasteiger partial charge < -0.3 is 23.7 Å². The lowest BCUT2D eigenvalue weighted by Crippen LogP contribution is -2.13. The van der Waals surface area contributed by atoms with E-state index in [0.717, 1.165) is 48.4 Å². The molecule has 8 nitrogen and oxygen atoms in total. The van der Waals surface area contributed by atoms with E-state index in [-0.39, 0.29) is 43.0 Å². The van der Waals surface area contributed by atoms with E-state index in [2.05, 4.69) is 13.5 Å². The van der Waals surface area contributed by atoms with Crippen LogP contribution >= 0.6 is 11.6 Å². The summed E-state index contributed by atoms with van der Waals surface area (Å²) in [6.07, 6.45) is 8.50. The van der Waals surface area contributed by atoms with Crippen molar-refractivity contribution in [1.29, 1.82) is 0 Å². The largest absolute Gasteiger partial charge is 0.490 e. The second kappa shape index (κ2) is 19.0. The lowest BCUT2D eigenvalue weighted by molar-refractivity contribution is -0.139. The van der Waals surface area contributed by atoms with Crippen LogP contribution in [0.25, 0.3) is 17.2 Å². The van der Waals surface area contributed by atoms with Crippen LogP contribution < -0.4 is 9.47 Å². The molecular formula is C35H37ClO8. The first-order valence-corrected chi connectivity index (χ1v) is 14.8. The molecule has 0 saturated carbocycles. The maximum Gasteiger partial charge on any atom is 0.343 e. The standard InChI is InChI=1S/C35H37ClO8/c1-3-5-6-7-20-42-34(38)19-10-26-8-11-27(12-9-26)28-13-16-30(17-14-28)44-35(39)29-15-18-32(31(36)25-29)41-23-21-40-22-24-43-33(37)4-2/h4,8-19,25H,2-3,5-7,20-24H2,1H3/b19-10+. The van der Waals surface area contributed by atoms with Crippen LogP contribution in [0.4, 0.5) is 0 Å². The summed E-state index contributed by atoms with van der Waals surface area (Å²) in [5.41, 5.74) is 3.07. The average Bonchev–Trinajstić information content (AvgIpc) is 3.04. The van der Waals surface area contributed by atoms with Gasteiger partial charge >= 0.3 is 17.9 Å². The van der Waals surface area contributed by atoms with Crippen LogP contribution in [0.15, 0.2) is 85.5 Å². The predicted molar refractivity (Wildman–Crippen MR) is 170 cm³/mol. The van der Waals surface area contributed by atoms with Gasteiger partial charge in [-0.05, 0) is 59.5 Å². The molecule has 3 aromatic carbocycles. The van der Waals surface area contributed by atoms with E-state index in [1.807, 2.05) is 36.4 Å². The Morgan fingerprint density at radius 2 is 1.45 bits per heavy atom. The molecule has 0 unspecified atom stereocenters. The molecule has 0 heterocycles. The van der Waals surface area contributed by atoms with Crippen LogP contribution in [-0.2, 0) is 23.8 Å². The topological polar surface area (TPSA) is 97.4 Å². The van der Waals surface area contributed by atoms with Crippen LogP contribution in [-0.4, -0.2) is 50.9 Å². The molecule has 0 radical (unpaired) electrons. The van der Waals surface area contributed by atoms with Crippen molar-refractivity contribution in [3.8, 4) is 22.6 Å². The molecule has 3 rings (SSSR count). The third kappa shape index (κ3) is 12.1. The number of rotatable bonds is 18. The number of halogens is 1. The quantitative estimate of drug-likeness (QED) is 0.0624. The molecule has 0 saturated heterocycles. The second-order valence-corrected chi connectivity index (χ2v) is 9.98. The number of unbranched alkanes of at least 4 members (excludes halogenated alkanes) is 3. The van der Waals surface area contributed by atoms with Crippen LogP contribution in [0.1, 0.15) is 48.5 Å². The lowest BCUT2D eigenvalue weighted by Gasteiger charge is -2.10. The fourth-order valence-corrected chi connectivity index (χ4v) is 4.13. The smallest absolute Gasteiger partial charge is 0.343 e. The second-order valence-electron chi connectivity index (χ2n) is 9.58. The minimum Gasteiger partial charge on any atom is -0.490 e. The third-order valence-corrected chi connectivity index (χ3v) is 6.55. The Bertz CT molecular complexity index is 1400. The Morgan fingerprint density at radius 3 is 2.14 bits per heavy atom. The number of hydrogen-bond acceptors (Lipinski definition) is 8. The van der Waals surface area contributed by atoms with Gasteiger partial charge in [-0.1, -0.05) is 80.8 Å². The molecular weight excluding hydrogens is 584 g/mol. The van der Waals surface area contributed by atoms with Crippen molar-refractivity contribution in [2.24, 2.45) is 0 Å². The van der Waals surface area contributed by atoms with E-state index in [0.29, 0.717) is 18.1 Å². The van der Waals surface area contributed by atoms with Gasteiger partial charge in [0.2, 0.25) is 0 Å². The van der Waals surface area contributed by atoms with Gasteiger partial charge in [0.25, 0.3) is 0 Å². The van der Waals surface area contributed by atoms with Gasteiger partial charge in [0.15, 0.2) is 0 Å². The fourth-order valence-electron chi connectivity index (χ4n) is 3.90. The van der Waals surface area contributed by atoms with Crippen molar-refractivity contribution >= 4 is 35.6 Å². The molecule has 0 bridgehead atoms. The van der Waals surface area contributed by atoms with Gasteiger partial charge in [0.1, 0.15) is 24.7 Å². The van der Waals surface area contributed by atoms with Crippen molar-refractivity contribution in [1.82, 2.24) is 0 Å². The van der Waals surface area contributed by atoms with Gasteiger partial charge in [0.05, 0.1) is 30.4 Å². The van der Waals surface area contributed by atoms with E-state index in [9.17, 15) is 14.4 Å². The number of benzene rings is 3. The van der Waals surface area contributed by atoms with Gasteiger partial charge in [-0.3, -0.25) is 0 Å². The summed E-state index contributed by atoms with van der Waals surface area (Å²) in [6.45, 7) is 6.73. The number of ether oxygens (including phenoxy) is 5. The fraction of sp³-hybridized carbons (Fsp3) is 0.286. The molecule has 0 aliphatic carbocycles. The molecule has 44 heavy (non-hydrogen) atoms. The molecule has 0 N–H and O–H groups in total. The van der Waals surface area contributed by atoms with Crippen LogP contribution in [0.5, 0.6) is 11.5 Å². The zero-order chi connectivity index (χ0) is 31.6. The summed E-state index contributed by atoms with van der Waals surface area (Å²) in [4.78, 5) is 35.5. The number of carbonyl (C=O) groups excluding carboxylic acids is 3. The summed E-state index contributed by atoms with van der Waals surface area (Å²) >= 11 is 6.29. The monoisotopic (exact) mass is 620 g/mol. The Labute approximate surface area is 263 Å². The van der Waals surface area contributed by atoms with Crippen molar-refractivity contribution in [2.75, 3.05) is 33.0 Å². The van der Waals surface area contributed by atoms with E-state index in [4.69, 9.17) is 35.3 Å². The highest BCUT2D eigenvalue weighted by Gasteiger charge is 2.12. The van der Waals surface area contributed by atoms with Crippen molar-refractivity contribution in [3.63, 3.8) is 0 Å². The Kier molecular flexibility index (Phi) is 14.7. The first-order valence-electron chi connectivity index (χ1n) is 14.5. The highest BCUT2D eigenvalue weighted by Crippen LogP contribution is 2.27. The third-order valence-electron chi connectivity index (χ3n) is 6.25. The number of hydrogen-bond donors (Lipinski definition) is 0. The molecule has 0 amide bonds. The summed E-state index contributed by atoms with van der Waals surface area (Å²) in [7, 11) is 0. The predicted octanol–water partition coefficient (Wildman–Crippen LogP) is 7.49. The van der Waals surface area contributed by atoms with Crippen molar-refractivity contribution in [3.05, 3.63) is 102 Å². The minimum absolute atomic E-state index is 0.121. The maximum atomic E-state index is 12.7. The van der Waals surface area contributed by atoms with Gasteiger partial charge in [-0.15, -0.1) is 0 Å². The summed E-state index contributed by atoms with van der Waals surface area (Å²) in [5, 5.41) is 0.257. The summed E-state index contributed by atoms with van der Waals surface area (Å²) < 4.78 is 26.5. The molecule has 0 aliphatic heterocycles. The highest BCUT2D eigenvalue weighted by molar-refractivity contribution is 6.32. The van der Waals surface area contributed by atoms with Crippen LogP contribution in [0.2, 0.25) is 5.02 Å². The molecule has 3 aromatic rings. The molecule has 9 heteroatoms. The average molecular weight is 621 g/mol. The first kappa shape index (κ1) is 34.1. The maximum absolute atomic E-state index is 12.7. The molecule has 0 spiro atoms. The summed E-state index contributed by atoms with van der Waals surface area (Å²) in [5.74, 6) is -0.619. The van der Waals surface area contributed by atoms with Gasteiger partial charge in [-0.2, -0.15) is 0 Å². The van der Waals surface area contributed by atoms with E-state index in [1.54, 1.807) is 30.3 Å². The van der Waals surface area contributed by atoms with Crippen LogP contribution in [0, 0.1) is 0 Å². The Morgan fingerprint density at radius 1 is 0.773 bits per heavy atom. The SMILES string of the molecule is C=CC(=O)OCCOCCOc1ccc(C(=O)Oc2ccc(-c3ccc(/C=C/C(=O)OCCCCCC)cc3)cc2)cc1Cl. The van der Waals surface area contributed by atoms with Gasteiger partial charge in [0, 0.05) is 12.2 Å². The highest BCUT2D eigenvalue weighted by atomic mass is 35.5. The van der Waals surface area contributed by atoms with E-state index >= 15 is 0 Å². The molecule has 0 aliphatic rings. The molecule has 232 valence electrons. The lowest BCUT2D eigenvalue weighted by atomic mass is 10.0. The Balaban J connectivity index is 1.44. The molecule has 0 fully saturated rings. The van der Waals surface area contributed by atoms with Crippen LogP contribution in [0.3, 0.4) is 0 Å². The van der Waals surface area contributed by atoms with Gasteiger partial charge in [-0.25, -0.2) is 14.4 Å². The first-order chi connectivity index (χ1) is 21.4. The normalized spacial score (nSPS) is 10.8.